The van der Waals surface area contributed by atoms with Crippen LogP contribution in [-0.2, 0) is 4.74 Å². The monoisotopic (exact) mass is 265 g/mol. The molecule has 1 aromatic rings. The van der Waals surface area contributed by atoms with Crippen LogP contribution in [0.2, 0.25) is 0 Å². The number of aliphatic hydroxyl groups excluding tert-OH is 1. The SMILES string of the molecule is Cc1ccnc(N)c1C(O)C1CN(C(C)C)CCO1. The highest BCUT2D eigenvalue weighted by atomic mass is 16.5. The van der Waals surface area contributed by atoms with E-state index < -0.39 is 6.10 Å². The van der Waals surface area contributed by atoms with Crippen molar-refractivity contribution in [1.82, 2.24) is 9.88 Å². The van der Waals surface area contributed by atoms with Gasteiger partial charge >= 0.3 is 0 Å². The molecule has 0 bridgehead atoms. The quantitative estimate of drug-likeness (QED) is 0.857. The first-order chi connectivity index (χ1) is 9.00. The molecule has 2 unspecified atom stereocenters. The highest BCUT2D eigenvalue weighted by Crippen LogP contribution is 2.28. The molecule has 106 valence electrons. The van der Waals surface area contributed by atoms with Crippen LogP contribution in [0.5, 0.6) is 0 Å². The maximum Gasteiger partial charge on any atom is 0.129 e. The lowest BCUT2D eigenvalue weighted by Gasteiger charge is -2.37. The summed E-state index contributed by atoms with van der Waals surface area (Å²) in [6.45, 7) is 8.49. The third kappa shape index (κ3) is 3.05. The summed E-state index contributed by atoms with van der Waals surface area (Å²) in [5.74, 6) is 0.387. The molecule has 2 atom stereocenters. The van der Waals surface area contributed by atoms with Crippen molar-refractivity contribution >= 4 is 5.82 Å². The Morgan fingerprint density at radius 1 is 1.53 bits per heavy atom. The van der Waals surface area contributed by atoms with Crippen molar-refractivity contribution in [1.29, 1.82) is 0 Å². The third-order valence-corrected chi connectivity index (χ3v) is 3.74. The van der Waals surface area contributed by atoms with Crippen LogP contribution in [0.3, 0.4) is 0 Å². The number of morpholine rings is 1. The van der Waals surface area contributed by atoms with Gasteiger partial charge in [0.15, 0.2) is 0 Å². The lowest BCUT2D eigenvalue weighted by atomic mass is 9.99. The molecule has 3 N–H and O–H groups in total. The molecular weight excluding hydrogens is 242 g/mol. The summed E-state index contributed by atoms with van der Waals surface area (Å²) >= 11 is 0. The van der Waals surface area contributed by atoms with E-state index in [0.29, 0.717) is 30.6 Å². The van der Waals surface area contributed by atoms with Crippen LogP contribution in [0.4, 0.5) is 5.82 Å². The predicted octanol–water partition coefficient (Wildman–Crippen LogP) is 1.11. The number of aryl methyl sites for hydroxylation is 1. The number of anilines is 1. The number of ether oxygens (including phenoxy) is 1. The number of nitrogen functional groups attached to an aromatic ring is 1. The van der Waals surface area contributed by atoms with E-state index in [1.54, 1.807) is 6.20 Å². The lowest BCUT2D eigenvalue weighted by molar-refractivity contribution is -0.0961. The van der Waals surface area contributed by atoms with Crippen LogP contribution in [-0.4, -0.2) is 46.8 Å². The second kappa shape index (κ2) is 5.86. The van der Waals surface area contributed by atoms with E-state index in [0.717, 1.165) is 12.1 Å². The van der Waals surface area contributed by atoms with Gasteiger partial charge in [-0.3, -0.25) is 4.90 Å². The summed E-state index contributed by atoms with van der Waals surface area (Å²) in [7, 11) is 0. The fraction of sp³-hybridized carbons (Fsp3) is 0.643. The number of rotatable bonds is 3. The third-order valence-electron chi connectivity index (χ3n) is 3.74. The van der Waals surface area contributed by atoms with Crippen LogP contribution in [0.15, 0.2) is 12.3 Å². The highest BCUT2D eigenvalue weighted by Gasteiger charge is 2.31. The first-order valence-corrected chi connectivity index (χ1v) is 6.75. The first-order valence-electron chi connectivity index (χ1n) is 6.75. The van der Waals surface area contributed by atoms with Crippen molar-refractivity contribution in [2.24, 2.45) is 0 Å². The Balaban J connectivity index is 2.17. The van der Waals surface area contributed by atoms with Gasteiger partial charge in [0.1, 0.15) is 18.0 Å². The molecule has 1 aliphatic heterocycles. The zero-order valence-electron chi connectivity index (χ0n) is 11.8. The summed E-state index contributed by atoms with van der Waals surface area (Å²) in [5, 5.41) is 10.5. The number of nitrogens with zero attached hydrogens (tertiary/aromatic N) is 2. The zero-order valence-corrected chi connectivity index (χ0v) is 11.8. The summed E-state index contributed by atoms with van der Waals surface area (Å²) in [6, 6.07) is 2.31. The van der Waals surface area contributed by atoms with Crippen LogP contribution in [0, 0.1) is 6.92 Å². The van der Waals surface area contributed by atoms with E-state index in [-0.39, 0.29) is 6.10 Å². The summed E-state index contributed by atoms with van der Waals surface area (Å²) in [4.78, 5) is 6.36. The standard InChI is InChI=1S/C14H23N3O2/c1-9(2)17-6-7-19-11(8-17)13(18)12-10(3)4-5-16-14(12)15/h4-5,9,11,13,18H,6-8H2,1-3H3,(H2,15,16). The molecule has 0 aromatic carbocycles. The Morgan fingerprint density at radius 2 is 2.26 bits per heavy atom. The van der Waals surface area contributed by atoms with Crippen LogP contribution >= 0.6 is 0 Å². The van der Waals surface area contributed by atoms with E-state index in [4.69, 9.17) is 10.5 Å². The van der Waals surface area contributed by atoms with E-state index >= 15 is 0 Å². The Kier molecular flexibility index (Phi) is 4.39. The maximum absolute atomic E-state index is 10.5. The van der Waals surface area contributed by atoms with E-state index in [1.807, 2.05) is 13.0 Å². The largest absolute Gasteiger partial charge is 0.385 e. The number of hydrogen-bond acceptors (Lipinski definition) is 5. The summed E-state index contributed by atoms with van der Waals surface area (Å²) < 4.78 is 5.71. The van der Waals surface area contributed by atoms with Crippen LogP contribution in [0.25, 0.3) is 0 Å². The fourth-order valence-corrected chi connectivity index (χ4v) is 2.52. The van der Waals surface area contributed by atoms with Crippen LogP contribution in [0.1, 0.15) is 31.1 Å². The van der Waals surface area contributed by atoms with Gasteiger partial charge in [-0.05, 0) is 32.4 Å². The number of nitrogens with two attached hydrogens (primary N) is 1. The van der Waals surface area contributed by atoms with Crippen molar-refractivity contribution in [3.05, 3.63) is 23.4 Å². The average Bonchev–Trinajstić information content (AvgIpc) is 2.38. The van der Waals surface area contributed by atoms with E-state index in [1.165, 1.54) is 0 Å². The fourth-order valence-electron chi connectivity index (χ4n) is 2.52. The first kappa shape index (κ1) is 14.2. The molecule has 1 aromatic heterocycles. The van der Waals surface area contributed by atoms with Crippen molar-refractivity contribution in [2.45, 2.75) is 39.0 Å². The van der Waals surface area contributed by atoms with Crippen molar-refractivity contribution < 1.29 is 9.84 Å². The van der Waals surface area contributed by atoms with Crippen molar-refractivity contribution in [3.8, 4) is 0 Å². The Labute approximate surface area is 114 Å². The van der Waals surface area contributed by atoms with Gasteiger partial charge in [-0.1, -0.05) is 0 Å². The second-order valence-electron chi connectivity index (χ2n) is 5.37. The summed E-state index contributed by atoms with van der Waals surface area (Å²) in [5.41, 5.74) is 7.53. The highest BCUT2D eigenvalue weighted by molar-refractivity contribution is 5.45. The average molecular weight is 265 g/mol. The molecule has 19 heavy (non-hydrogen) atoms. The molecule has 0 radical (unpaired) electrons. The lowest BCUT2D eigenvalue weighted by Crippen LogP contribution is -2.48. The van der Waals surface area contributed by atoms with E-state index in [9.17, 15) is 5.11 Å². The van der Waals surface area contributed by atoms with Gasteiger partial charge in [-0.25, -0.2) is 4.98 Å². The van der Waals surface area contributed by atoms with Gasteiger partial charge in [-0.15, -0.1) is 0 Å². The molecule has 2 heterocycles. The van der Waals surface area contributed by atoms with Crippen molar-refractivity contribution in [2.75, 3.05) is 25.4 Å². The number of aromatic nitrogens is 1. The van der Waals surface area contributed by atoms with Gasteiger partial charge in [0.2, 0.25) is 0 Å². The number of aliphatic hydroxyl groups is 1. The van der Waals surface area contributed by atoms with Gasteiger partial charge < -0.3 is 15.6 Å². The smallest absolute Gasteiger partial charge is 0.129 e. The van der Waals surface area contributed by atoms with Gasteiger partial charge in [-0.2, -0.15) is 0 Å². The predicted molar refractivity (Wildman–Crippen MR) is 74.8 cm³/mol. The molecule has 5 heteroatoms. The van der Waals surface area contributed by atoms with Crippen molar-refractivity contribution in [3.63, 3.8) is 0 Å². The Hall–Kier alpha value is -1.17. The zero-order chi connectivity index (χ0) is 14.0. The van der Waals surface area contributed by atoms with Gasteiger partial charge in [0.25, 0.3) is 0 Å². The molecule has 0 spiro atoms. The molecule has 0 saturated carbocycles. The van der Waals surface area contributed by atoms with Gasteiger partial charge in [0.05, 0.1) is 6.61 Å². The minimum atomic E-state index is -0.727. The van der Waals surface area contributed by atoms with Crippen LogP contribution < -0.4 is 5.73 Å². The van der Waals surface area contributed by atoms with E-state index in [2.05, 4.69) is 23.7 Å². The molecule has 1 aliphatic rings. The Bertz CT molecular complexity index is 416. The number of hydrogen-bond donors (Lipinski definition) is 2. The second-order valence-corrected chi connectivity index (χ2v) is 5.37. The molecule has 0 amide bonds. The number of pyridine rings is 1. The van der Waals surface area contributed by atoms with Gasteiger partial charge in [0, 0.05) is 30.9 Å². The Morgan fingerprint density at radius 3 is 2.89 bits per heavy atom. The maximum atomic E-state index is 10.5. The summed E-state index contributed by atoms with van der Waals surface area (Å²) in [6.07, 6.45) is 0.680. The molecule has 0 aliphatic carbocycles. The molecule has 5 nitrogen and oxygen atoms in total. The molecule has 1 fully saturated rings. The minimum Gasteiger partial charge on any atom is -0.385 e. The topological polar surface area (TPSA) is 71.6 Å². The molecule has 2 rings (SSSR count). The molecular formula is C14H23N3O2. The minimum absolute atomic E-state index is 0.249. The normalized spacial score (nSPS) is 22.7. The molecule has 1 saturated heterocycles.